The average molecular weight is 232 g/mol. The zero-order chi connectivity index (χ0) is 11.7. The van der Waals surface area contributed by atoms with Gasteiger partial charge in [0.25, 0.3) is 0 Å². The monoisotopic (exact) mass is 232 g/mol. The Labute approximate surface area is 99.0 Å². The van der Waals surface area contributed by atoms with Crippen LogP contribution in [-0.4, -0.2) is 18.1 Å². The molecule has 4 nitrogen and oxygen atoms in total. The summed E-state index contributed by atoms with van der Waals surface area (Å²) in [6, 6.07) is 5.95. The summed E-state index contributed by atoms with van der Waals surface area (Å²) >= 11 is 0. The minimum Gasteiger partial charge on any atom is -0.408 e. The van der Waals surface area contributed by atoms with E-state index in [0.717, 1.165) is 25.0 Å². The Balaban J connectivity index is 1.82. The molecule has 0 amide bonds. The van der Waals surface area contributed by atoms with Gasteiger partial charge in [-0.1, -0.05) is 6.07 Å². The van der Waals surface area contributed by atoms with Crippen molar-refractivity contribution in [3.63, 3.8) is 0 Å². The lowest BCUT2D eigenvalue weighted by Gasteiger charge is -2.22. The highest BCUT2D eigenvalue weighted by Gasteiger charge is 2.13. The van der Waals surface area contributed by atoms with Gasteiger partial charge in [0.15, 0.2) is 5.58 Å². The Bertz CT molecular complexity index is 564. The van der Waals surface area contributed by atoms with E-state index in [1.54, 1.807) is 0 Å². The largest absolute Gasteiger partial charge is 0.417 e. The average Bonchev–Trinajstić information content (AvgIpc) is 2.70. The van der Waals surface area contributed by atoms with Gasteiger partial charge in [0.2, 0.25) is 0 Å². The summed E-state index contributed by atoms with van der Waals surface area (Å²) in [7, 11) is 0. The molecule has 0 aliphatic carbocycles. The van der Waals surface area contributed by atoms with Crippen LogP contribution in [0.2, 0.25) is 0 Å². The normalized spacial score (nSPS) is 20.8. The number of aromatic amines is 1. The molecule has 0 spiro atoms. The van der Waals surface area contributed by atoms with E-state index in [9.17, 15) is 4.79 Å². The van der Waals surface area contributed by atoms with Crippen LogP contribution in [-0.2, 0) is 6.42 Å². The number of H-pyrrole nitrogens is 1. The van der Waals surface area contributed by atoms with Gasteiger partial charge in [0, 0.05) is 0 Å². The molecule has 3 rings (SSSR count). The van der Waals surface area contributed by atoms with Crippen molar-refractivity contribution in [3.8, 4) is 0 Å². The number of oxazole rings is 1. The molecule has 1 atom stereocenters. The third kappa shape index (κ3) is 2.26. The molecular formula is C13H16N2O2. The van der Waals surface area contributed by atoms with Crippen molar-refractivity contribution < 1.29 is 4.42 Å². The van der Waals surface area contributed by atoms with Crippen LogP contribution in [0.15, 0.2) is 27.4 Å². The number of hydrogen-bond acceptors (Lipinski definition) is 3. The van der Waals surface area contributed by atoms with Crippen LogP contribution in [0, 0.1) is 5.92 Å². The Morgan fingerprint density at radius 1 is 1.41 bits per heavy atom. The summed E-state index contributed by atoms with van der Waals surface area (Å²) in [6.07, 6.45) is 3.61. The van der Waals surface area contributed by atoms with Crippen LogP contribution in [0.3, 0.4) is 0 Å². The second-order valence-electron chi connectivity index (χ2n) is 4.76. The first kappa shape index (κ1) is 10.6. The van der Waals surface area contributed by atoms with Gasteiger partial charge >= 0.3 is 5.76 Å². The van der Waals surface area contributed by atoms with Gasteiger partial charge in [0.05, 0.1) is 5.52 Å². The van der Waals surface area contributed by atoms with Crippen molar-refractivity contribution in [1.29, 1.82) is 0 Å². The van der Waals surface area contributed by atoms with Crippen LogP contribution >= 0.6 is 0 Å². The number of aromatic nitrogens is 1. The van der Waals surface area contributed by atoms with Crippen molar-refractivity contribution in [1.82, 2.24) is 10.3 Å². The lowest BCUT2D eigenvalue weighted by molar-refractivity contribution is 0.376. The van der Waals surface area contributed by atoms with Gasteiger partial charge in [-0.15, -0.1) is 0 Å². The van der Waals surface area contributed by atoms with Crippen LogP contribution in [0.5, 0.6) is 0 Å². The molecule has 0 radical (unpaired) electrons. The summed E-state index contributed by atoms with van der Waals surface area (Å²) in [4.78, 5) is 13.8. The SMILES string of the molecule is O=c1[nH]c2cc(CC3CCCNC3)ccc2o1. The summed E-state index contributed by atoms with van der Waals surface area (Å²) in [5.41, 5.74) is 2.71. The van der Waals surface area contributed by atoms with E-state index in [2.05, 4.69) is 10.3 Å². The molecule has 2 heterocycles. The Morgan fingerprint density at radius 3 is 3.18 bits per heavy atom. The fourth-order valence-corrected chi connectivity index (χ4v) is 2.56. The van der Waals surface area contributed by atoms with Gasteiger partial charge in [0.1, 0.15) is 0 Å². The molecule has 1 aliphatic heterocycles. The maximum absolute atomic E-state index is 11.1. The number of rotatable bonds is 2. The fourth-order valence-electron chi connectivity index (χ4n) is 2.56. The predicted octanol–water partition coefficient (Wildman–Crippen LogP) is 1.66. The minimum atomic E-state index is -0.378. The van der Waals surface area contributed by atoms with Gasteiger partial charge < -0.3 is 9.73 Å². The van der Waals surface area contributed by atoms with E-state index >= 15 is 0 Å². The zero-order valence-corrected chi connectivity index (χ0v) is 9.66. The van der Waals surface area contributed by atoms with E-state index in [-0.39, 0.29) is 5.76 Å². The zero-order valence-electron chi connectivity index (χ0n) is 9.66. The third-order valence-electron chi connectivity index (χ3n) is 3.41. The Hall–Kier alpha value is -1.55. The molecule has 2 aromatic rings. The highest BCUT2D eigenvalue weighted by atomic mass is 16.4. The fraction of sp³-hybridized carbons (Fsp3) is 0.462. The predicted molar refractivity (Wildman–Crippen MR) is 66.1 cm³/mol. The van der Waals surface area contributed by atoms with E-state index in [4.69, 9.17) is 4.42 Å². The van der Waals surface area contributed by atoms with E-state index < -0.39 is 0 Å². The Morgan fingerprint density at radius 2 is 2.35 bits per heavy atom. The van der Waals surface area contributed by atoms with Gasteiger partial charge in [-0.3, -0.25) is 4.98 Å². The maximum atomic E-state index is 11.1. The smallest absolute Gasteiger partial charge is 0.408 e. The van der Waals surface area contributed by atoms with Gasteiger partial charge in [-0.2, -0.15) is 0 Å². The van der Waals surface area contributed by atoms with Gasteiger partial charge in [-0.05, 0) is 56.0 Å². The first-order valence-corrected chi connectivity index (χ1v) is 6.14. The summed E-state index contributed by atoms with van der Waals surface area (Å²) in [5, 5.41) is 3.42. The molecule has 1 fully saturated rings. The number of piperidine rings is 1. The van der Waals surface area contributed by atoms with Crippen LogP contribution in [0.1, 0.15) is 18.4 Å². The first-order valence-electron chi connectivity index (χ1n) is 6.14. The highest BCUT2D eigenvalue weighted by Crippen LogP contribution is 2.19. The molecule has 90 valence electrons. The third-order valence-corrected chi connectivity index (χ3v) is 3.41. The van der Waals surface area contributed by atoms with Crippen LogP contribution in [0.4, 0.5) is 0 Å². The first-order chi connectivity index (χ1) is 8.31. The van der Waals surface area contributed by atoms with Gasteiger partial charge in [-0.25, -0.2) is 4.79 Å². The van der Waals surface area contributed by atoms with Crippen molar-refractivity contribution in [2.45, 2.75) is 19.3 Å². The quantitative estimate of drug-likeness (QED) is 0.828. The number of nitrogens with one attached hydrogen (secondary N) is 2. The summed E-state index contributed by atoms with van der Waals surface area (Å²) in [6.45, 7) is 2.24. The molecule has 2 N–H and O–H groups in total. The molecular weight excluding hydrogens is 216 g/mol. The second kappa shape index (κ2) is 4.37. The topological polar surface area (TPSA) is 58.0 Å². The summed E-state index contributed by atoms with van der Waals surface area (Å²) in [5.74, 6) is 0.330. The van der Waals surface area contributed by atoms with Crippen molar-refractivity contribution >= 4 is 11.1 Å². The van der Waals surface area contributed by atoms with E-state index in [0.29, 0.717) is 11.5 Å². The molecule has 4 heteroatoms. The lowest BCUT2D eigenvalue weighted by atomic mass is 9.92. The highest BCUT2D eigenvalue weighted by molar-refractivity contribution is 5.72. The van der Waals surface area contributed by atoms with E-state index in [1.807, 2.05) is 18.2 Å². The standard InChI is InChI=1S/C13H16N2O2/c16-13-15-11-7-9(3-4-12(11)17-13)6-10-2-1-5-14-8-10/h3-4,7,10,14H,1-2,5-6,8H2,(H,15,16). The van der Waals surface area contributed by atoms with Crippen molar-refractivity contribution in [2.75, 3.05) is 13.1 Å². The Kier molecular flexibility index (Phi) is 2.73. The molecule has 1 unspecified atom stereocenters. The van der Waals surface area contributed by atoms with Crippen molar-refractivity contribution in [2.24, 2.45) is 5.92 Å². The molecule has 0 saturated carbocycles. The van der Waals surface area contributed by atoms with E-state index in [1.165, 1.54) is 18.4 Å². The molecule has 0 bridgehead atoms. The number of benzene rings is 1. The molecule has 1 aromatic carbocycles. The van der Waals surface area contributed by atoms with Crippen LogP contribution < -0.4 is 11.1 Å². The molecule has 1 saturated heterocycles. The number of hydrogen-bond donors (Lipinski definition) is 2. The molecule has 1 aliphatic rings. The van der Waals surface area contributed by atoms with Crippen molar-refractivity contribution in [3.05, 3.63) is 34.3 Å². The second-order valence-corrected chi connectivity index (χ2v) is 4.76. The maximum Gasteiger partial charge on any atom is 0.417 e. The number of fused-ring (bicyclic) bond motifs is 1. The lowest BCUT2D eigenvalue weighted by Crippen LogP contribution is -2.30. The summed E-state index contributed by atoms with van der Waals surface area (Å²) < 4.78 is 4.99. The molecule has 17 heavy (non-hydrogen) atoms. The van der Waals surface area contributed by atoms with Crippen LogP contribution in [0.25, 0.3) is 11.1 Å². The minimum absolute atomic E-state index is 0.378. The molecule has 1 aromatic heterocycles.